The molecule has 1 unspecified atom stereocenters. The van der Waals surface area contributed by atoms with Gasteiger partial charge in [0.05, 0.1) is 6.10 Å². The number of aliphatic hydroxyl groups excluding tert-OH is 1. The van der Waals surface area contributed by atoms with Crippen molar-refractivity contribution in [1.82, 2.24) is 4.98 Å². The van der Waals surface area contributed by atoms with Crippen LogP contribution in [0.1, 0.15) is 17.4 Å². The van der Waals surface area contributed by atoms with E-state index < -0.39 is 18.0 Å². The van der Waals surface area contributed by atoms with Gasteiger partial charge in [0.2, 0.25) is 0 Å². The average molecular weight is 206 g/mol. The van der Waals surface area contributed by atoms with Gasteiger partial charge < -0.3 is 10.8 Å². The number of aromatic nitrogens is 1. The molecule has 0 amide bonds. The van der Waals surface area contributed by atoms with E-state index in [1.807, 2.05) is 0 Å². The Labute approximate surface area is 78.4 Å². The molecule has 3 N–H and O–H groups in total. The molecule has 1 heterocycles. The largest absolute Gasteiger partial charge is 0.433 e. The van der Waals surface area contributed by atoms with E-state index in [1.54, 1.807) is 0 Å². The number of rotatable bonds is 2. The van der Waals surface area contributed by atoms with Gasteiger partial charge in [-0.25, -0.2) is 0 Å². The molecule has 1 rings (SSSR count). The fraction of sp³-hybridized carbons (Fsp3) is 0.375. The molecule has 0 radical (unpaired) electrons. The molecule has 0 aliphatic heterocycles. The predicted molar refractivity (Wildman–Crippen MR) is 43.3 cm³/mol. The molecule has 0 bridgehead atoms. The summed E-state index contributed by atoms with van der Waals surface area (Å²) in [6.07, 6.45) is -4.45. The van der Waals surface area contributed by atoms with Crippen molar-refractivity contribution in [2.24, 2.45) is 5.73 Å². The van der Waals surface area contributed by atoms with Crippen molar-refractivity contribution in [3.63, 3.8) is 0 Å². The Morgan fingerprint density at radius 2 is 2.07 bits per heavy atom. The molecule has 78 valence electrons. The standard InChI is InChI=1S/C8H9F3N2O/c9-8(10,11)7-2-1-5(4-13-7)6(14)3-12/h1-2,4,6,14H,3,12H2. The molecule has 0 saturated carbocycles. The summed E-state index contributed by atoms with van der Waals surface area (Å²) in [6.45, 7) is -0.0486. The van der Waals surface area contributed by atoms with Crippen molar-refractivity contribution in [3.05, 3.63) is 29.6 Å². The molecule has 1 aromatic heterocycles. The molecular weight excluding hydrogens is 197 g/mol. The van der Waals surface area contributed by atoms with Crippen molar-refractivity contribution < 1.29 is 18.3 Å². The van der Waals surface area contributed by atoms with Crippen LogP contribution in [-0.2, 0) is 6.18 Å². The van der Waals surface area contributed by atoms with E-state index in [1.165, 1.54) is 0 Å². The summed E-state index contributed by atoms with van der Waals surface area (Å²) < 4.78 is 36.2. The SMILES string of the molecule is NCC(O)c1ccc(C(F)(F)F)nc1. The second-order valence-electron chi connectivity index (χ2n) is 2.73. The zero-order valence-electron chi connectivity index (χ0n) is 7.12. The number of nitrogens with two attached hydrogens (primary N) is 1. The highest BCUT2D eigenvalue weighted by atomic mass is 19.4. The Morgan fingerprint density at radius 3 is 2.43 bits per heavy atom. The molecule has 1 atom stereocenters. The molecular formula is C8H9F3N2O. The van der Waals surface area contributed by atoms with Gasteiger partial charge in [-0.2, -0.15) is 13.2 Å². The average Bonchev–Trinajstić information content (AvgIpc) is 2.15. The van der Waals surface area contributed by atoms with Gasteiger partial charge in [-0.05, 0) is 6.07 Å². The zero-order valence-corrected chi connectivity index (χ0v) is 7.12. The summed E-state index contributed by atoms with van der Waals surface area (Å²) in [4.78, 5) is 3.18. The maximum absolute atomic E-state index is 12.1. The maximum atomic E-state index is 12.1. The lowest BCUT2D eigenvalue weighted by Crippen LogP contribution is -2.13. The number of hydrogen-bond acceptors (Lipinski definition) is 3. The van der Waals surface area contributed by atoms with Crippen molar-refractivity contribution in [2.45, 2.75) is 12.3 Å². The van der Waals surface area contributed by atoms with Gasteiger partial charge in [0.15, 0.2) is 0 Å². The van der Waals surface area contributed by atoms with Crippen LogP contribution in [0.25, 0.3) is 0 Å². The van der Waals surface area contributed by atoms with Crippen LogP contribution in [0.15, 0.2) is 18.3 Å². The molecule has 1 aromatic rings. The molecule has 0 saturated heterocycles. The van der Waals surface area contributed by atoms with Crippen LogP contribution >= 0.6 is 0 Å². The van der Waals surface area contributed by atoms with Gasteiger partial charge in [-0.1, -0.05) is 6.07 Å². The Hall–Kier alpha value is -1.14. The third-order valence-electron chi connectivity index (χ3n) is 1.68. The van der Waals surface area contributed by atoms with Crippen molar-refractivity contribution in [1.29, 1.82) is 0 Å². The first-order chi connectivity index (χ1) is 6.45. The van der Waals surface area contributed by atoms with Crippen LogP contribution in [0.5, 0.6) is 0 Å². The first kappa shape index (κ1) is 10.9. The number of pyridine rings is 1. The minimum atomic E-state index is -4.45. The molecule has 0 fully saturated rings. The highest BCUT2D eigenvalue weighted by molar-refractivity contribution is 5.18. The normalized spacial score (nSPS) is 14.1. The van der Waals surface area contributed by atoms with Crippen molar-refractivity contribution in [2.75, 3.05) is 6.54 Å². The van der Waals surface area contributed by atoms with Gasteiger partial charge in [-0.15, -0.1) is 0 Å². The van der Waals surface area contributed by atoms with Gasteiger partial charge in [0, 0.05) is 18.3 Å². The summed E-state index contributed by atoms with van der Waals surface area (Å²) >= 11 is 0. The summed E-state index contributed by atoms with van der Waals surface area (Å²) in [5.74, 6) is 0. The van der Waals surface area contributed by atoms with Crippen LogP contribution < -0.4 is 5.73 Å². The predicted octanol–water partition coefficient (Wildman–Crippen LogP) is 1.09. The number of nitrogens with zero attached hydrogens (tertiary/aromatic N) is 1. The van der Waals surface area contributed by atoms with E-state index >= 15 is 0 Å². The van der Waals surface area contributed by atoms with E-state index in [0.717, 1.165) is 18.3 Å². The minimum absolute atomic E-state index is 0.0486. The highest BCUT2D eigenvalue weighted by Gasteiger charge is 2.32. The van der Waals surface area contributed by atoms with Gasteiger partial charge in [-0.3, -0.25) is 4.98 Å². The Kier molecular flexibility index (Phi) is 3.07. The quantitative estimate of drug-likeness (QED) is 0.761. The third kappa shape index (κ3) is 2.43. The topological polar surface area (TPSA) is 59.1 Å². The van der Waals surface area contributed by atoms with E-state index in [-0.39, 0.29) is 12.1 Å². The number of halogens is 3. The zero-order chi connectivity index (χ0) is 10.8. The first-order valence-corrected chi connectivity index (χ1v) is 3.86. The van der Waals surface area contributed by atoms with Gasteiger partial charge in [0.1, 0.15) is 5.69 Å². The molecule has 0 aliphatic rings. The Balaban J connectivity index is 2.89. The van der Waals surface area contributed by atoms with Gasteiger partial charge >= 0.3 is 6.18 Å². The van der Waals surface area contributed by atoms with E-state index in [4.69, 9.17) is 5.73 Å². The first-order valence-electron chi connectivity index (χ1n) is 3.86. The molecule has 0 spiro atoms. The van der Waals surface area contributed by atoms with E-state index in [0.29, 0.717) is 0 Å². The Bertz CT molecular complexity index is 296. The van der Waals surface area contributed by atoms with Crippen molar-refractivity contribution in [3.8, 4) is 0 Å². The third-order valence-corrected chi connectivity index (χ3v) is 1.68. The fourth-order valence-electron chi connectivity index (χ4n) is 0.906. The summed E-state index contributed by atoms with van der Waals surface area (Å²) in [6, 6.07) is 1.97. The smallest absolute Gasteiger partial charge is 0.387 e. The number of alkyl halides is 3. The molecule has 14 heavy (non-hydrogen) atoms. The summed E-state index contributed by atoms with van der Waals surface area (Å²) in [5.41, 5.74) is 4.43. The number of aliphatic hydroxyl groups is 1. The molecule has 6 heteroatoms. The molecule has 0 aliphatic carbocycles. The monoisotopic (exact) mass is 206 g/mol. The van der Waals surface area contributed by atoms with Crippen LogP contribution in [0.3, 0.4) is 0 Å². The maximum Gasteiger partial charge on any atom is 0.433 e. The second kappa shape index (κ2) is 3.93. The lowest BCUT2D eigenvalue weighted by Gasteiger charge is -2.09. The fourth-order valence-corrected chi connectivity index (χ4v) is 0.906. The van der Waals surface area contributed by atoms with Gasteiger partial charge in [0.25, 0.3) is 0 Å². The summed E-state index contributed by atoms with van der Waals surface area (Å²) in [7, 11) is 0. The number of hydrogen-bond donors (Lipinski definition) is 2. The van der Waals surface area contributed by atoms with E-state index in [9.17, 15) is 18.3 Å². The van der Waals surface area contributed by atoms with Crippen LogP contribution in [0, 0.1) is 0 Å². The summed E-state index contributed by atoms with van der Waals surface area (Å²) in [5, 5.41) is 9.18. The van der Waals surface area contributed by atoms with Crippen molar-refractivity contribution >= 4 is 0 Å². The Morgan fingerprint density at radius 1 is 1.43 bits per heavy atom. The van der Waals surface area contributed by atoms with Crippen LogP contribution in [-0.4, -0.2) is 16.6 Å². The minimum Gasteiger partial charge on any atom is -0.387 e. The lowest BCUT2D eigenvalue weighted by molar-refractivity contribution is -0.141. The molecule has 3 nitrogen and oxygen atoms in total. The highest BCUT2D eigenvalue weighted by Crippen LogP contribution is 2.27. The second-order valence-corrected chi connectivity index (χ2v) is 2.73. The molecule has 0 aromatic carbocycles. The van der Waals surface area contributed by atoms with Crippen LogP contribution in [0.4, 0.5) is 13.2 Å². The van der Waals surface area contributed by atoms with Crippen LogP contribution in [0.2, 0.25) is 0 Å². The lowest BCUT2D eigenvalue weighted by atomic mass is 10.1. The van der Waals surface area contributed by atoms with E-state index in [2.05, 4.69) is 4.98 Å².